The van der Waals surface area contributed by atoms with Crippen molar-refractivity contribution in [2.45, 2.75) is 12.6 Å². The number of nitrogens with zero attached hydrogens (tertiary/aromatic N) is 4. The molecule has 1 saturated heterocycles. The highest BCUT2D eigenvalue weighted by molar-refractivity contribution is 5.90. The van der Waals surface area contributed by atoms with E-state index in [1.54, 1.807) is 12.4 Å². The number of benzene rings is 2. The van der Waals surface area contributed by atoms with E-state index >= 15 is 0 Å². The molecule has 31 heavy (non-hydrogen) atoms. The average molecular weight is 419 g/mol. The zero-order chi connectivity index (χ0) is 21.6. The van der Waals surface area contributed by atoms with Crippen molar-refractivity contribution in [1.29, 1.82) is 0 Å². The van der Waals surface area contributed by atoms with Gasteiger partial charge in [0.15, 0.2) is 5.65 Å². The molecule has 0 saturated carbocycles. The molecule has 0 atom stereocenters. The van der Waals surface area contributed by atoms with E-state index in [1.807, 2.05) is 36.4 Å². The van der Waals surface area contributed by atoms with Crippen LogP contribution in [-0.2, 0) is 0 Å². The molecule has 2 aromatic carbocycles. The normalized spacial score (nSPS) is 15.0. The van der Waals surface area contributed by atoms with Crippen molar-refractivity contribution >= 4 is 22.8 Å². The smallest absolute Gasteiger partial charge is 0.318 e. The molecule has 0 bridgehead atoms. The average Bonchev–Trinajstić information content (AvgIpc) is 3.17. The standard InChI is InChI=1S/C23H19F2N5O/c1-23(25)13-29(14-23)22(31)27-18-7-8-19(24)20(10-18)30-12-17-9-16(11-26-21(17)28-30)15-5-3-2-4-6-15/h2-12H,13-14H2,1H3,(H,27,31). The van der Waals surface area contributed by atoms with Gasteiger partial charge in [0, 0.05) is 29.0 Å². The highest BCUT2D eigenvalue weighted by atomic mass is 19.1. The fourth-order valence-corrected chi connectivity index (χ4v) is 3.69. The zero-order valence-electron chi connectivity index (χ0n) is 16.7. The van der Waals surface area contributed by atoms with Gasteiger partial charge in [-0.25, -0.2) is 23.2 Å². The quantitative estimate of drug-likeness (QED) is 0.519. The third-order valence-corrected chi connectivity index (χ3v) is 5.24. The summed E-state index contributed by atoms with van der Waals surface area (Å²) in [4.78, 5) is 18.0. The van der Waals surface area contributed by atoms with Crippen LogP contribution in [0.3, 0.4) is 0 Å². The Bertz CT molecular complexity index is 1280. The maximum absolute atomic E-state index is 14.5. The molecule has 6 nitrogen and oxygen atoms in total. The third kappa shape index (κ3) is 3.72. The second kappa shape index (κ2) is 7.16. The summed E-state index contributed by atoms with van der Waals surface area (Å²) in [6, 6.07) is 15.6. The van der Waals surface area contributed by atoms with Crippen LogP contribution in [0.4, 0.5) is 19.3 Å². The lowest BCUT2D eigenvalue weighted by Gasteiger charge is -2.41. The van der Waals surface area contributed by atoms with Gasteiger partial charge in [-0.2, -0.15) is 0 Å². The first kappa shape index (κ1) is 19.2. The first-order valence-electron chi connectivity index (χ1n) is 9.84. The van der Waals surface area contributed by atoms with Crippen LogP contribution in [0, 0.1) is 5.82 Å². The lowest BCUT2D eigenvalue weighted by Crippen LogP contribution is -2.60. The number of likely N-dealkylation sites (tertiary alicyclic amines) is 1. The summed E-state index contributed by atoms with van der Waals surface area (Å²) in [6.07, 6.45) is 3.43. The minimum atomic E-state index is -1.36. The Kier molecular flexibility index (Phi) is 4.43. The van der Waals surface area contributed by atoms with E-state index in [0.29, 0.717) is 11.3 Å². The molecule has 1 fully saturated rings. The van der Waals surface area contributed by atoms with Crippen LogP contribution in [0.5, 0.6) is 0 Å². The molecule has 0 aliphatic carbocycles. The highest BCUT2D eigenvalue weighted by Gasteiger charge is 2.41. The van der Waals surface area contributed by atoms with Crippen molar-refractivity contribution in [3.63, 3.8) is 0 Å². The minimum Gasteiger partial charge on any atom is -0.318 e. The zero-order valence-corrected chi connectivity index (χ0v) is 16.7. The van der Waals surface area contributed by atoms with Gasteiger partial charge in [-0.15, -0.1) is 5.10 Å². The van der Waals surface area contributed by atoms with Gasteiger partial charge in [-0.1, -0.05) is 30.3 Å². The first-order chi connectivity index (χ1) is 14.9. The van der Waals surface area contributed by atoms with Gasteiger partial charge in [0.1, 0.15) is 17.2 Å². The SMILES string of the molecule is CC1(F)CN(C(=O)Nc2ccc(F)c(-n3cc4cc(-c5ccccc5)cnc4n3)c2)C1. The number of amides is 2. The number of alkyl halides is 1. The van der Waals surface area contributed by atoms with Crippen molar-refractivity contribution in [2.75, 3.05) is 18.4 Å². The number of urea groups is 1. The second-order valence-corrected chi connectivity index (χ2v) is 7.94. The Balaban J connectivity index is 1.43. The van der Waals surface area contributed by atoms with Gasteiger partial charge in [0.25, 0.3) is 0 Å². The van der Waals surface area contributed by atoms with Crippen molar-refractivity contribution < 1.29 is 13.6 Å². The van der Waals surface area contributed by atoms with E-state index in [2.05, 4.69) is 15.4 Å². The molecule has 1 N–H and O–H groups in total. The first-order valence-corrected chi connectivity index (χ1v) is 9.84. The number of halogens is 2. The molecular weight excluding hydrogens is 400 g/mol. The number of fused-ring (bicyclic) bond motifs is 1. The van der Waals surface area contributed by atoms with Gasteiger partial charge in [-0.05, 0) is 36.8 Å². The van der Waals surface area contributed by atoms with Crippen LogP contribution >= 0.6 is 0 Å². The number of anilines is 1. The van der Waals surface area contributed by atoms with Crippen molar-refractivity contribution in [3.8, 4) is 16.8 Å². The Labute approximate surface area is 177 Å². The molecule has 3 heterocycles. The maximum Gasteiger partial charge on any atom is 0.322 e. The van der Waals surface area contributed by atoms with Gasteiger partial charge in [0.05, 0.1) is 13.1 Å². The number of rotatable bonds is 3. The summed E-state index contributed by atoms with van der Waals surface area (Å²) in [5, 5.41) is 7.82. The molecule has 1 aliphatic heterocycles. The number of hydrogen-bond donors (Lipinski definition) is 1. The van der Waals surface area contributed by atoms with E-state index in [9.17, 15) is 13.6 Å². The number of carbonyl (C=O) groups excluding carboxylic acids is 1. The highest BCUT2D eigenvalue weighted by Crippen LogP contribution is 2.27. The fraction of sp³-hybridized carbons (Fsp3) is 0.174. The van der Waals surface area contributed by atoms with E-state index in [1.165, 1.54) is 34.7 Å². The van der Waals surface area contributed by atoms with Crippen LogP contribution in [-0.4, -0.2) is 44.5 Å². The van der Waals surface area contributed by atoms with Crippen LogP contribution in [0.2, 0.25) is 0 Å². The number of hydrogen-bond acceptors (Lipinski definition) is 3. The predicted molar refractivity (Wildman–Crippen MR) is 114 cm³/mol. The Morgan fingerprint density at radius 2 is 1.87 bits per heavy atom. The minimum absolute atomic E-state index is 0.0346. The topological polar surface area (TPSA) is 63.1 Å². The number of aromatic nitrogens is 3. The lowest BCUT2D eigenvalue weighted by molar-refractivity contribution is 0.0144. The molecule has 1 aliphatic rings. The van der Waals surface area contributed by atoms with E-state index in [4.69, 9.17) is 0 Å². The molecule has 5 rings (SSSR count). The van der Waals surface area contributed by atoms with Gasteiger partial charge in [-0.3, -0.25) is 0 Å². The van der Waals surface area contributed by atoms with Crippen LogP contribution < -0.4 is 5.32 Å². The Morgan fingerprint density at radius 1 is 1.10 bits per heavy atom. The Morgan fingerprint density at radius 3 is 2.61 bits per heavy atom. The molecule has 0 radical (unpaired) electrons. The third-order valence-electron chi connectivity index (χ3n) is 5.24. The van der Waals surface area contributed by atoms with E-state index in [-0.39, 0.29) is 18.8 Å². The van der Waals surface area contributed by atoms with Crippen LogP contribution in [0.1, 0.15) is 6.92 Å². The molecule has 4 aromatic rings. The van der Waals surface area contributed by atoms with E-state index < -0.39 is 17.5 Å². The van der Waals surface area contributed by atoms with Gasteiger partial charge in [0.2, 0.25) is 0 Å². The molecule has 8 heteroatoms. The summed E-state index contributed by atoms with van der Waals surface area (Å²) >= 11 is 0. The predicted octanol–water partition coefficient (Wildman–Crippen LogP) is 4.80. The molecule has 156 valence electrons. The van der Waals surface area contributed by atoms with Crippen LogP contribution in [0.25, 0.3) is 27.8 Å². The maximum atomic E-state index is 14.5. The monoisotopic (exact) mass is 419 g/mol. The molecule has 2 amide bonds. The molecule has 0 unspecified atom stereocenters. The number of carbonyl (C=O) groups is 1. The molecule has 2 aromatic heterocycles. The summed E-state index contributed by atoms with van der Waals surface area (Å²) in [7, 11) is 0. The van der Waals surface area contributed by atoms with E-state index in [0.717, 1.165) is 16.5 Å². The summed E-state index contributed by atoms with van der Waals surface area (Å²) < 4.78 is 29.6. The fourth-order valence-electron chi connectivity index (χ4n) is 3.69. The van der Waals surface area contributed by atoms with Crippen molar-refractivity contribution in [2.24, 2.45) is 0 Å². The second-order valence-electron chi connectivity index (χ2n) is 7.94. The van der Waals surface area contributed by atoms with Crippen molar-refractivity contribution in [1.82, 2.24) is 19.7 Å². The molecule has 0 spiro atoms. The largest absolute Gasteiger partial charge is 0.322 e. The lowest BCUT2D eigenvalue weighted by atomic mass is 10.00. The number of nitrogens with one attached hydrogen (secondary N) is 1. The van der Waals surface area contributed by atoms with Crippen molar-refractivity contribution in [3.05, 3.63) is 72.8 Å². The number of pyridine rings is 1. The summed E-state index contributed by atoms with van der Waals surface area (Å²) in [6.45, 7) is 1.52. The Hall–Kier alpha value is -3.81. The molecular formula is C23H19F2N5O. The van der Waals surface area contributed by atoms with Gasteiger partial charge < -0.3 is 10.2 Å². The van der Waals surface area contributed by atoms with Gasteiger partial charge >= 0.3 is 6.03 Å². The summed E-state index contributed by atoms with van der Waals surface area (Å²) in [5.74, 6) is -0.491. The summed E-state index contributed by atoms with van der Waals surface area (Å²) in [5.41, 5.74) is 1.66. The van der Waals surface area contributed by atoms with Crippen LogP contribution in [0.15, 0.2) is 67.0 Å².